The summed E-state index contributed by atoms with van der Waals surface area (Å²) < 4.78 is 12.3. The number of nitrogens with zero attached hydrogens (tertiary/aromatic N) is 7. The number of hydrogen-bond acceptors (Lipinski definition) is 14. The van der Waals surface area contributed by atoms with Gasteiger partial charge in [0.05, 0.1) is 42.7 Å². The number of likely N-dealkylation sites (tertiary alicyclic amines) is 2. The Hall–Kier alpha value is -7.35. The number of ether oxygens (including phenoxy) is 2. The van der Waals surface area contributed by atoms with Crippen LogP contribution in [0, 0.1) is 41.4 Å². The van der Waals surface area contributed by atoms with Gasteiger partial charge in [0.25, 0.3) is 0 Å². The summed E-state index contributed by atoms with van der Waals surface area (Å²) in [5.41, 5.74) is 15.4. The Bertz CT molecular complexity index is 2950. The third kappa shape index (κ3) is 29.9. The van der Waals surface area contributed by atoms with Crippen molar-refractivity contribution in [2.45, 2.75) is 273 Å². The lowest BCUT2D eigenvalue weighted by Gasteiger charge is -2.41. The van der Waals surface area contributed by atoms with Crippen LogP contribution in [0.4, 0.5) is 10.5 Å². The molecule has 2 aliphatic heterocycles. The van der Waals surface area contributed by atoms with Crippen molar-refractivity contribution in [3.63, 3.8) is 0 Å². The zero-order valence-electron chi connectivity index (χ0n) is 66.3. The van der Waals surface area contributed by atoms with Crippen LogP contribution >= 0.6 is 0 Å². The molecule has 2 unspecified atom stereocenters. The number of rotatable bonds is 47. The molecule has 104 heavy (non-hydrogen) atoms. The normalized spacial score (nSPS) is 17.5. The summed E-state index contributed by atoms with van der Waals surface area (Å²) in [7, 11) is 6.78. The van der Waals surface area contributed by atoms with Crippen LogP contribution in [0.1, 0.15) is 212 Å². The molecule has 2 saturated heterocycles. The molecule has 12 atom stereocenters. The highest BCUT2D eigenvalue weighted by atomic mass is 16.5. The Balaban J connectivity index is 1.71. The molecule has 588 valence electrons. The van der Waals surface area contributed by atoms with Crippen LogP contribution in [-0.4, -0.2) is 206 Å². The zero-order chi connectivity index (χ0) is 78.0. The standard InChI is InChI=1S/C77H133N15O12/c1-19-23-25-29-54(22-4)48-89(15)67(51(9)10)74(100)86-66(50(7)8)75(101)90(16)68(52(11)21-3)61(103-17)46-64(95)92-42-28-31-60(92)69(104-18)53(12)70(96)83-58(47-81-88-79)45-55-32-34-57(35-33-55)82-72(98)59(30-27-41-80-76(78)102)84-73(99)65(49(5)6)85-62(93)36-37-63(94)91-43-38-56(39-44-91)71(97)87-77(13,14)40-26-24-20-2/h20,24,32-35,49-54,56,58-61,65-69H,19,21-23,25-31,36-48H2,1-18H3,(H,82,98)(H,83,96)(H,84,99)(H,85,93)(H,86,100)(H,87,97)(H3,78,80,102)/b24-20-/t52-,53+,54?,58-,59-,60-,61+,65-,66-,67-,68?,69+/m0/s1. The van der Waals surface area contributed by atoms with E-state index in [4.69, 9.17) is 15.2 Å². The van der Waals surface area contributed by atoms with Gasteiger partial charge in [-0.3, -0.25) is 48.1 Å². The highest BCUT2D eigenvalue weighted by Crippen LogP contribution is 2.31. The van der Waals surface area contributed by atoms with Crippen molar-refractivity contribution in [1.29, 1.82) is 0 Å². The number of allylic oxidation sites excluding steroid dienone is 2. The number of benzene rings is 1. The number of urea groups is 1. The van der Waals surface area contributed by atoms with E-state index >= 15 is 0 Å². The average molecular weight is 1460 g/mol. The van der Waals surface area contributed by atoms with E-state index in [9.17, 15) is 53.5 Å². The number of primary amides is 1. The van der Waals surface area contributed by atoms with Gasteiger partial charge in [0.2, 0.25) is 53.2 Å². The predicted molar refractivity (Wildman–Crippen MR) is 407 cm³/mol. The second-order valence-corrected chi connectivity index (χ2v) is 30.6. The SMILES string of the molecule is C/C=C\CCC(C)(C)NC(=O)C1CCN(C(=O)CCC(=O)N[C@H](C(=O)N[C@@H](CCCNC(N)=O)C(=O)Nc2ccc(C[C@@H](CN=[N+]=[N-])NC(=O)[C@H](C)[C@@H](OC)[C@@H]3CCCN3C(=O)C[C@@H](OC)C([C@@H](C)CC)N(C)C(=O)[C@@H](NC(=O)[C@H](C(C)C)N(C)CC(CC)CCCCC)C(C)C)cc2)C(C)C)CC1. The van der Waals surface area contributed by atoms with Gasteiger partial charge in [0.15, 0.2) is 0 Å². The van der Waals surface area contributed by atoms with E-state index in [2.05, 4.69) is 72.1 Å². The van der Waals surface area contributed by atoms with E-state index in [1.165, 1.54) is 13.5 Å². The van der Waals surface area contributed by atoms with Crippen molar-refractivity contribution in [2.75, 3.05) is 72.9 Å². The van der Waals surface area contributed by atoms with Crippen molar-refractivity contribution < 1.29 is 57.4 Å². The van der Waals surface area contributed by atoms with E-state index in [1.807, 2.05) is 75.4 Å². The molecule has 11 amide bonds. The summed E-state index contributed by atoms with van der Waals surface area (Å²) in [4.78, 5) is 148. The number of likely N-dealkylation sites (N-methyl/N-ethyl adjacent to an activating group) is 2. The van der Waals surface area contributed by atoms with E-state index in [0.29, 0.717) is 68.9 Å². The summed E-state index contributed by atoms with van der Waals surface area (Å²) in [6.07, 6.45) is 12.9. The number of unbranched alkanes of at least 4 members (excludes halogenated alkanes) is 2. The van der Waals surface area contributed by atoms with Gasteiger partial charge >= 0.3 is 6.03 Å². The number of nitrogens with one attached hydrogen (secondary N) is 7. The monoisotopic (exact) mass is 1460 g/mol. The molecule has 0 aromatic heterocycles. The van der Waals surface area contributed by atoms with Crippen LogP contribution in [0.5, 0.6) is 0 Å². The van der Waals surface area contributed by atoms with Gasteiger partial charge in [-0.25, -0.2) is 4.79 Å². The molecule has 3 rings (SSSR count). The smallest absolute Gasteiger partial charge is 0.312 e. The van der Waals surface area contributed by atoms with Crippen LogP contribution < -0.4 is 43.0 Å². The molecule has 2 heterocycles. The molecule has 9 N–H and O–H groups in total. The van der Waals surface area contributed by atoms with Gasteiger partial charge in [-0.15, -0.1) is 0 Å². The van der Waals surface area contributed by atoms with E-state index in [0.717, 1.165) is 45.1 Å². The summed E-state index contributed by atoms with van der Waals surface area (Å²) in [5.74, 6) is -4.45. The van der Waals surface area contributed by atoms with Gasteiger partial charge in [-0.2, -0.15) is 0 Å². The predicted octanol–water partition coefficient (Wildman–Crippen LogP) is 8.93. The third-order valence-electron chi connectivity index (χ3n) is 20.9. The molecular formula is C77H133N15O12. The summed E-state index contributed by atoms with van der Waals surface area (Å²) in [5, 5.41) is 24.1. The van der Waals surface area contributed by atoms with Gasteiger partial charge in [-0.1, -0.05) is 138 Å². The van der Waals surface area contributed by atoms with Gasteiger partial charge in [0, 0.05) is 101 Å². The topological polar surface area (TPSA) is 361 Å². The zero-order valence-corrected chi connectivity index (χ0v) is 66.3. The van der Waals surface area contributed by atoms with E-state index in [1.54, 1.807) is 73.9 Å². The Labute approximate surface area is 621 Å². The second kappa shape index (κ2) is 46.6. The lowest BCUT2D eigenvalue weighted by Crippen LogP contribution is -2.60. The van der Waals surface area contributed by atoms with Crippen LogP contribution in [0.25, 0.3) is 10.4 Å². The molecule has 27 heteroatoms. The van der Waals surface area contributed by atoms with Gasteiger partial charge in [0.1, 0.15) is 18.1 Å². The number of carbonyl (C=O) groups is 10. The third-order valence-corrected chi connectivity index (χ3v) is 20.9. The quantitative estimate of drug-likeness (QED) is 0.00994. The van der Waals surface area contributed by atoms with Crippen molar-refractivity contribution in [2.24, 2.45) is 52.3 Å². The summed E-state index contributed by atoms with van der Waals surface area (Å²) in [6, 6.07) is 0.768. The second-order valence-electron chi connectivity index (χ2n) is 30.6. The van der Waals surface area contributed by atoms with E-state index < -0.39 is 96.0 Å². The highest BCUT2D eigenvalue weighted by molar-refractivity contribution is 5.99. The van der Waals surface area contributed by atoms with Gasteiger partial charge < -0.3 is 67.1 Å². The molecule has 0 radical (unpaired) electrons. The van der Waals surface area contributed by atoms with E-state index in [-0.39, 0.29) is 110 Å². The summed E-state index contributed by atoms with van der Waals surface area (Å²) >= 11 is 0. The molecule has 0 aliphatic carbocycles. The fourth-order valence-corrected chi connectivity index (χ4v) is 14.5. The minimum Gasteiger partial charge on any atom is -0.379 e. The van der Waals surface area contributed by atoms with Crippen molar-refractivity contribution >= 4 is 64.9 Å². The fourth-order valence-electron chi connectivity index (χ4n) is 14.5. The average Bonchev–Trinajstić information content (AvgIpc) is 1.17. The minimum absolute atomic E-state index is 0.0130. The number of piperidine rings is 1. The molecule has 27 nitrogen and oxygen atoms in total. The first-order valence-electron chi connectivity index (χ1n) is 38.4. The highest BCUT2D eigenvalue weighted by Gasteiger charge is 2.44. The Morgan fingerprint density at radius 2 is 1.42 bits per heavy atom. The molecule has 2 fully saturated rings. The summed E-state index contributed by atoms with van der Waals surface area (Å²) in [6.45, 7) is 29.5. The molecule has 2 aliphatic rings. The first-order valence-corrected chi connectivity index (χ1v) is 38.4. The lowest BCUT2D eigenvalue weighted by molar-refractivity contribution is -0.148. The first kappa shape index (κ1) is 90.9. The Morgan fingerprint density at radius 3 is 1.99 bits per heavy atom. The molecular weight excluding hydrogens is 1330 g/mol. The van der Waals surface area contributed by atoms with Gasteiger partial charge in [-0.05, 0) is 145 Å². The lowest BCUT2D eigenvalue weighted by atomic mass is 9.89. The number of hydrogen-bond donors (Lipinski definition) is 8. The van der Waals surface area contributed by atoms with Crippen LogP contribution in [0.2, 0.25) is 0 Å². The van der Waals surface area contributed by atoms with Crippen LogP contribution in [0.3, 0.4) is 0 Å². The van der Waals surface area contributed by atoms with Crippen molar-refractivity contribution in [3.05, 3.63) is 52.4 Å². The maximum atomic E-state index is 14.8. The number of methoxy groups -OCH3 is 2. The first-order chi connectivity index (χ1) is 49.2. The van der Waals surface area contributed by atoms with Crippen molar-refractivity contribution in [1.82, 2.24) is 51.5 Å². The minimum atomic E-state index is -1.14. The number of amides is 11. The number of nitrogens with two attached hydrogens (primary N) is 1. The molecule has 0 saturated carbocycles. The maximum Gasteiger partial charge on any atom is 0.312 e. The van der Waals surface area contributed by atoms with Crippen molar-refractivity contribution in [3.8, 4) is 0 Å². The van der Waals surface area contributed by atoms with Crippen LogP contribution in [-0.2, 0) is 59.0 Å². The molecule has 1 aromatic rings. The Morgan fingerprint density at radius 1 is 0.760 bits per heavy atom. The maximum absolute atomic E-state index is 14.8. The molecule has 0 bridgehead atoms. The number of carbonyl (C=O) groups excluding carboxylic acids is 10. The molecule has 1 aromatic carbocycles. The number of azide groups is 1. The number of anilines is 1. The Kier molecular flexibility index (Phi) is 40.7. The largest absolute Gasteiger partial charge is 0.379 e. The fraction of sp³-hybridized carbons (Fsp3) is 0.766. The van der Waals surface area contributed by atoms with Crippen LogP contribution in [0.15, 0.2) is 41.5 Å². The molecule has 0 spiro atoms.